The highest BCUT2D eigenvalue weighted by atomic mass is 32.1. The number of carbonyl (C=O) groups excluding carboxylic acids is 1. The van der Waals surface area contributed by atoms with Crippen molar-refractivity contribution in [1.29, 1.82) is 0 Å². The van der Waals surface area contributed by atoms with Crippen LogP contribution in [0.1, 0.15) is 55.6 Å². The molecule has 146 valence electrons. The van der Waals surface area contributed by atoms with Crippen LogP contribution in [0.4, 0.5) is 0 Å². The average Bonchev–Trinajstić information content (AvgIpc) is 3.37. The molecule has 1 N–H and O–H groups in total. The van der Waals surface area contributed by atoms with E-state index in [1.54, 1.807) is 11.3 Å². The van der Waals surface area contributed by atoms with Gasteiger partial charge in [0.1, 0.15) is 0 Å². The van der Waals surface area contributed by atoms with Gasteiger partial charge in [0.25, 0.3) is 0 Å². The Balaban J connectivity index is 1.24. The quantitative estimate of drug-likeness (QED) is 0.823. The van der Waals surface area contributed by atoms with E-state index in [-0.39, 0.29) is 11.8 Å². The smallest absolute Gasteiger partial charge is 0.223 e. The van der Waals surface area contributed by atoms with Gasteiger partial charge in [-0.1, -0.05) is 25.3 Å². The molecule has 7 nitrogen and oxygen atoms in total. The molecule has 1 amide bonds. The molecule has 1 aliphatic carbocycles. The van der Waals surface area contributed by atoms with Gasteiger partial charge in [-0.25, -0.2) is 4.68 Å². The number of hydrogen-bond acceptors (Lipinski definition) is 6. The summed E-state index contributed by atoms with van der Waals surface area (Å²) in [6.07, 6.45) is 7.84. The minimum absolute atomic E-state index is 0.249. The van der Waals surface area contributed by atoms with Gasteiger partial charge in [-0.15, -0.1) is 16.4 Å². The number of likely N-dealkylation sites (tertiary alicyclic amines) is 1. The summed E-state index contributed by atoms with van der Waals surface area (Å²) in [4.78, 5) is 16.1. The van der Waals surface area contributed by atoms with Crippen molar-refractivity contribution < 1.29 is 4.79 Å². The van der Waals surface area contributed by atoms with Crippen LogP contribution in [0, 0.1) is 5.92 Å². The van der Waals surface area contributed by atoms with Crippen LogP contribution in [-0.4, -0.2) is 50.1 Å². The number of nitrogens with zero attached hydrogens (tertiary/aromatic N) is 5. The van der Waals surface area contributed by atoms with Crippen molar-refractivity contribution in [3.05, 3.63) is 28.2 Å². The number of piperidine rings is 1. The minimum Gasteiger partial charge on any atom is -0.353 e. The van der Waals surface area contributed by atoms with Crippen molar-refractivity contribution in [2.24, 2.45) is 5.92 Å². The largest absolute Gasteiger partial charge is 0.353 e. The lowest BCUT2D eigenvalue weighted by molar-refractivity contribution is -0.127. The number of tetrazole rings is 1. The summed E-state index contributed by atoms with van der Waals surface area (Å²) in [5, 5.41) is 17.6. The van der Waals surface area contributed by atoms with Crippen LogP contribution in [0.15, 0.2) is 17.5 Å². The summed E-state index contributed by atoms with van der Waals surface area (Å²) in [7, 11) is 0. The molecule has 0 aromatic carbocycles. The molecule has 2 aliphatic rings. The Labute approximate surface area is 164 Å². The molecule has 0 radical (unpaired) electrons. The van der Waals surface area contributed by atoms with Gasteiger partial charge in [0.2, 0.25) is 5.91 Å². The summed E-state index contributed by atoms with van der Waals surface area (Å²) >= 11 is 1.72. The molecule has 2 aromatic heterocycles. The van der Waals surface area contributed by atoms with E-state index < -0.39 is 0 Å². The number of nitrogens with one attached hydrogen (secondary N) is 1. The highest BCUT2D eigenvalue weighted by Gasteiger charge is 2.26. The number of amides is 1. The van der Waals surface area contributed by atoms with Gasteiger partial charge >= 0.3 is 0 Å². The van der Waals surface area contributed by atoms with E-state index in [4.69, 9.17) is 0 Å². The molecule has 27 heavy (non-hydrogen) atoms. The van der Waals surface area contributed by atoms with Crippen LogP contribution >= 0.6 is 11.3 Å². The van der Waals surface area contributed by atoms with E-state index in [9.17, 15) is 4.79 Å². The molecule has 8 heteroatoms. The normalized spacial score (nSPS) is 20.0. The van der Waals surface area contributed by atoms with Crippen LogP contribution in [0.3, 0.4) is 0 Å². The molecule has 2 aromatic rings. The van der Waals surface area contributed by atoms with Crippen molar-refractivity contribution in [2.75, 3.05) is 13.1 Å². The van der Waals surface area contributed by atoms with Gasteiger partial charge < -0.3 is 5.32 Å². The Morgan fingerprint density at radius 2 is 1.96 bits per heavy atom. The first-order valence-corrected chi connectivity index (χ1v) is 11.0. The Kier molecular flexibility index (Phi) is 6.14. The Hall–Kier alpha value is -1.80. The highest BCUT2D eigenvalue weighted by Crippen LogP contribution is 2.24. The lowest BCUT2D eigenvalue weighted by Gasteiger charge is -2.33. The SMILES string of the molecule is O=C(NC1CCN(Cc2nnnn2Cc2cccs2)CC1)C1CCCCC1. The van der Waals surface area contributed by atoms with E-state index in [0.717, 1.165) is 57.7 Å². The number of aromatic nitrogens is 4. The molecule has 0 atom stereocenters. The van der Waals surface area contributed by atoms with Crippen molar-refractivity contribution in [1.82, 2.24) is 30.4 Å². The maximum atomic E-state index is 12.4. The van der Waals surface area contributed by atoms with E-state index in [1.165, 1.54) is 24.1 Å². The number of rotatable bonds is 6. The standard InChI is InChI=1S/C19H28N6OS/c26-19(15-5-2-1-3-6-15)20-16-8-10-24(11-9-16)14-18-21-22-23-25(18)13-17-7-4-12-27-17/h4,7,12,15-16H,1-3,5-6,8-11,13-14H2,(H,20,26). The van der Waals surface area contributed by atoms with Crippen molar-refractivity contribution in [3.63, 3.8) is 0 Å². The van der Waals surface area contributed by atoms with Gasteiger partial charge in [0.05, 0.1) is 13.1 Å². The molecule has 1 saturated carbocycles. The lowest BCUT2D eigenvalue weighted by Crippen LogP contribution is -2.46. The fourth-order valence-electron chi connectivity index (χ4n) is 4.13. The van der Waals surface area contributed by atoms with E-state index in [2.05, 4.69) is 43.3 Å². The topological polar surface area (TPSA) is 75.9 Å². The van der Waals surface area contributed by atoms with Gasteiger partial charge in [-0.3, -0.25) is 9.69 Å². The first-order valence-electron chi connectivity index (χ1n) is 10.1. The first kappa shape index (κ1) is 18.6. The number of hydrogen-bond donors (Lipinski definition) is 1. The van der Waals surface area contributed by atoms with E-state index in [0.29, 0.717) is 6.04 Å². The number of thiophene rings is 1. The Morgan fingerprint density at radius 1 is 1.15 bits per heavy atom. The van der Waals surface area contributed by atoms with E-state index in [1.807, 2.05) is 4.68 Å². The highest BCUT2D eigenvalue weighted by molar-refractivity contribution is 7.09. The maximum Gasteiger partial charge on any atom is 0.223 e. The zero-order valence-corrected chi connectivity index (χ0v) is 16.5. The minimum atomic E-state index is 0.249. The molecule has 0 bridgehead atoms. The summed E-state index contributed by atoms with van der Waals surface area (Å²) in [5.74, 6) is 1.44. The summed E-state index contributed by atoms with van der Waals surface area (Å²) < 4.78 is 1.89. The molecule has 0 unspecified atom stereocenters. The van der Waals surface area contributed by atoms with Crippen molar-refractivity contribution >= 4 is 17.2 Å². The fraction of sp³-hybridized carbons (Fsp3) is 0.684. The first-order chi connectivity index (χ1) is 13.3. The van der Waals surface area contributed by atoms with Crippen molar-refractivity contribution in [2.45, 2.75) is 64.1 Å². The third-order valence-electron chi connectivity index (χ3n) is 5.77. The third-order valence-corrected chi connectivity index (χ3v) is 6.63. The maximum absolute atomic E-state index is 12.4. The summed E-state index contributed by atoms with van der Waals surface area (Å²) in [5.41, 5.74) is 0. The Morgan fingerprint density at radius 3 is 2.70 bits per heavy atom. The number of carbonyl (C=O) groups is 1. The zero-order valence-electron chi connectivity index (χ0n) is 15.7. The monoisotopic (exact) mass is 388 g/mol. The molecule has 3 heterocycles. The Bertz CT molecular complexity index is 716. The molecule has 1 aliphatic heterocycles. The van der Waals surface area contributed by atoms with Gasteiger partial charge in [-0.2, -0.15) is 0 Å². The summed E-state index contributed by atoms with van der Waals surface area (Å²) in [6, 6.07) is 4.48. The second-order valence-electron chi connectivity index (χ2n) is 7.73. The fourth-order valence-corrected chi connectivity index (χ4v) is 4.81. The van der Waals surface area contributed by atoms with E-state index >= 15 is 0 Å². The van der Waals surface area contributed by atoms with Crippen LogP contribution < -0.4 is 5.32 Å². The van der Waals surface area contributed by atoms with Crippen LogP contribution in [0.5, 0.6) is 0 Å². The van der Waals surface area contributed by atoms with Crippen LogP contribution in [0.25, 0.3) is 0 Å². The van der Waals surface area contributed by atoms with Crippen LogP contribution in [-0.2, 0) is 17.9 Å². The predicted octanol–water partition coefficient (Wildman–Crippen LogP) is 2.44. The predicted molar refractivity (Wildman–Crippen MR) is 104 cm³/mol. The van der Waals surface area contributed by atoms with Gasteiger partial charge in [0.15, 0.2) is 5.82 Å². The molecule has 1 saturated heterocycles. The van der Waals surface area contributed by atoms with Gasteiger partial charge in [0, 0.05) is 29.9 Å². The lowest BCUT2D eigenvalue weighted by atomic mass is 9.88. The molecule has 4 rings (SSSR count). The molecule has 0 spiro atoms. The molecular weight excluding hydrogens is 360 g/mol. The third kappa shape index (κ3) is 4.93. The second kappa shape index (κ2) is 8.93. The van der Waals surface area contributed by atoms with Crippen LogP contribution in [0.2, 0.25) is 0 Å². The molecule has 2 fully saturated rings. The summed E-state index contributed by atoms with van der Waals surface area (Å²) in [6.45, 7) is 3.44. The molecular formula is C19H28N6OS. The van der Waals surface area contributed by atoms with Crippen molar-refractivity contribution in [3.8, 4) is 0 Å². The second-order valence-corrected chi connectivity index (χ2v) is 8.76. The zero-order chi connectivity index (χ0) is 18.5. The van der Waals surface area contributed by atoms with Gasteiger partial charge in [-0.05, 0) is 47.6 Å². The average molecular weight is 389 g/mol.